The molecule has 2 heterocycles. The molecule has 50 heavy (non-hydrogen) atoms. The van der Waals surface area contributed by atoms with Gasteiger partial charge < -0.3 is 14.9 Å². The van der Waals surface area contributed by atoms with Crippen LogP contribution in [0.5, 0.6) is 5.75 Å². The number of likely N-dealkylation sites (tertiary alicyclic amines) is 1. The van der Waals surface area contributed by atoms with Crippen LogP contribution in [-0.4, -0.2) is 69.5 Å². The molecule has 11 nitrogen and oxygen atoms in total. The molecular weight excluding hydrogens is 638 g/mol. The second-order valence-electron chi connectivity index (χ2n) is 13.6. The average molecular weight is 678 g/mol. The standard InChI is InChI=1S/C39H39N3O8/c1-23-9-13-26(14-10-23)40-42-36(47)31-22-30-28(17-18-29-33(30)37(48)41(35(29)46)19-5-8-32(44)45)34(24-11-15-27(16-12-24)50-21-20-43)39(31,38(42)49)25-6-3-2-4-7-25/h2-4,6-7,9-17,29-31,33-34,40,43H,5,8,18-22H2,1H3,(H,44,45)/t29-,30+,31-,33-,34-,39+/m0/s1. The minimum atomic E-state index is -1.38. The average Bonchev–Trinajstić information content (AvgIpc) is 3.49. The van der Waals surface area contributed by atoms with Crippen LogP contribution < -0.4 is 10.2 Å². The summed E-state index contributed by atoms with van der Waals surface area (Å²) in [6.07, 6.45) is 2.44. The van der Waals surface area contributed by atoms with Gasteiger partial charge in [-0.3, -0.25) is 34.3 Å². The Morgan fingerprint density at radius 3 is 2.32 bits per heavy atom. The number of carboxylic acid groups (broad SMARTS) is 1. The van der Waals surface area contributed by atoms with Crippen molar-refractivity contribution in [3.63, 3.8) is 0 Å². The number of hydrogen-bond acceptors (Lipinski definition) is 8. The van der Waals surface area contributed by atoms with Crippen LogP contribution in [0, 0.1) is 30.6 Å². The van der Waals surface area contributed by atoms with Crippen molar-refractivity contribution in [3.8, 4) is 5.75 Å². The second-order valence-corrected chi connectivity index (χ2v) is 13.6. The van der Waals surface area contributed by atoms with E-state index < -0.39 is 52.8 Å². The monoisotopic (exact) mass is 677 g/mol. The molecule has 4 aliphatic rings. The highest BCUT2D eigenvalue weighted by atomic mass is 16.5. The van der Waals surface area contributed by atoms with Gasteiger partial charge in [-0.25, -0.2) is 0 Å². The van der Waals surface area contributed by atoms with Crippen LogP contribution >= 0.6 is 0 Å². The number of aryl methyl sites for hydroxylation is 1. The van der Waals surface area contributed by atoms with Crippen molar-refractivity contribution >= 4 is 35.3 Å². The Bertz CT molecular complexity index is 1860. The van der Waals surface area contributed by atoms with Crippen LogP contribution in [0.2, 0.25) is 0 Å². The maximum absolute atomic E-state index is 15.2. The van der Waals surface area contributed by atoms with E-state index in [2.05, 4.69) is 5.43 Å². The van der Waals surface area contributed by atoms with Crippen LogP contribution in [0.3, 0.4) is 0 Å². The van der Waals surface area contributed by atoms with Crippen LogP contribution in [0.15, 0.2) is 90.5 Å². The van der Waals surface area contributed by atoms with Gasteiger partial charge in [-0.05, 0) is 67.5 Å². The summed E-state index contributed by atoms with van der Waals surface area (Å²) in [6, 6.07) is 24.0. The molecule has 0 unspecified atom stereocenters. The first-order valence-corrected chi connectivity index (χ1v) is 17.0. The Morgan fingerprint density at radius 1 is 0.920 bits per heavy atom. The summed E-state index contributed by atoms with van der Waals surface area (Å²) < 4.78 is 5.64. The number of nitrogens with one attached hydrogen (secondary N) is 1. The molecule has 3 fully saturated rings. The van der Waals surface area contributed by atoms with E-state index >= 15 is 4.79 Å². The van der Waals surface area contributed by atoms with E-state index in [1.54, 1.807) is 12.1 Å². The van der Waals surface area contributed by atoms with Gasteiger partial charge >= 0.3 is 5.97 Å². The maximum atomic E-state index is 15.2. The molecule has 0 radical (unpaired) electrons. The number of carbonyl (C=O) groups excluding carboxylic acids is 4. The smallest absolute Gasteiger partial charge is 0.303 e. The van der Waals surface area contributed by atoms with E-state index in [9.17, 15) is 29.4 Å². The summed E-state index contributed by atoms with van der Waals surface area (Å²) in [5, 5.41) is 19.6. The highest BCUT2D eigenvalue weighted by molar-refractivity contribution is 6.13. The number of carboxylic acids is 1. The van der Waals surface area contributed by atoms with Gasteiger partial charge in [0.2, 0.25) is 11.8 Å². The molecule has 4 amide bonds. The Morgan fingerprint density at radius 2 is 1.64 bits per heavy atom. The molecule has 6 atom stereocenters. The van der Waals surface area contributed by atoms with Crippen LogP contribution in [0.1, 0.15) is 48.3 Å². The van der Waals surface area contributed by atoms with Gasteiger partial charge in [0.05, 0.1) is 35.5 Å². The van der Waals surface area contributed by atoms with Crippen LogP contribution in [0.25, 0.3) is 0 Å². The Hall–Kier alpha value is -5.29. The molecule has 258 valence electrons. The van der Waals surface area contributed by atoms with Crippen molar-refractivity contribution in [1.82, 2.24) is 9.91 Å². The molecule has 0 aromatic heterocycles. The Balaban J connectivity index is 1.37. The fourth-order valence-electron chi connectivity index (χ4n) is 8.72. The summed E-state index contributed by atoms with van der Waals surface area (Å²) in [7, 11) is 0. The molecule has 3 aromatic rings. The van der Waals surface area contributed by atoms with Crippen LogP contribution in [-0.2, 0) is 29.4 Å². The number of imide groups is 2. The molecule has 1 saturated carbocycles. The minimum absolute atomic E-state index is 0.0147. The van der Waals surface area contributed by atoms with Crippen molar-refractivity contribution in [2.24, 2.45) is 23.7 Å². The third kappa shape index (κ3) is 5.36. The summed E-state index contributed by atoms with van der Waals surface area (Å²) in [6.45, 7) is 1.92. The van der Waals surface area contributed by atoms with Crippen molar-refractivity contribution < 1.29 is 38.9 Å². The molecule has 2 aliphatic heterocycles. The molecule has 2 aliphatic carbocycles. The topological polar surface area (TPSA) is 154 Å². The van der Waals surface area contributed by atoms with Gasteiger partial charge in [0, 0.05) is 18.9 Å². The number of aliphatic carboxylic acids is 1. The number of fused-ring (bicyclic) bond motifs is 4. The van der Waals surface area contributed by atoms with E-state index in [1.165, 1.54) is 4.90 Å². The number of aliphatic hydroxyl groups is 1. The largest absolute Gasteiger partial charge is 0.491 e. The fourth-order valence-corrected chi connectivity index (χ4v) is 8.72. The molecular formula is C39H39N3O8. The first kappa shape index (κ1) is 33.2. The van der Waals surface area contributed by atoms with Crippen molar-refractivity contribution in [2.75, 3.05) is 25.2 Å². The third-order valence-electron chi connectivity index (χ3n) is 10.8. The summed E-state index contributed by atoms with van der Waals surface area (Å²) in [5.74, 6) is -5.40. The third-order valence-corrected chi connectivity index (χ3v) is 10.8. The summed E-state index contributed by atoms with van der Waals surface area (Å²) >= 11 is 0. The molecule has 11 heteroatoms. The van der Waals surface area contributed by atoms with Gasteiger partial charge in [-0.15, -0.1) is 0 Å². The number of hydrogen-bond donors (Lipinski definition) is 3. The van der Waals surface area contributed by atoms with Crippen molar-refractivity contribution in [3.05, 3.63) is 107 Å². The van der Waals surface area contributed by atoms with Gasteiger partial charge in [0.25, 0.3) is 11.8 Å². The molecule has 3 aromatic carbocycles. The number of aliphatic hydroxyl groups excluding tert-OH is 1. The number of hydrazine groups is 1. The predicted octanol–water partition coefficient (Wildman–Crippen LogP) is 4.22. The molecule has 3 N–H and O–H groups in total. The van der Waals surface area contributed by atoms with E-state index in [-0.39, 0.29) is 57.3 Å². The second kappa shape index (κ2) is 13.2. The van der Waals surface area contributed by atoms with Crippen LogP contribution in [0.4, 0.5) is 5.69 Å². The number of amides is 4. The number of anilines is 1. The number of ether oxygens (including phenoxy) is 1. The lowest BCUT2D eigenvalue weighted by Gasteiger charge is -2.50. The molecule has 7 rings (SSSR count). The molecule has 0 spiro atoms. The lowest BCUT2D eigenvalue weighted by molar-refractivity contribution is -0.142. The number of benzene rings is 3. The van der Waals surface area contributed by atoms with Gasteiger partial charge in [-0.1, -0.05) is 71.8 Å². The first-order chi connectivity index (χ1) is 24.2. The predicted molar refractivity (Wildman–Crippen MR) is 181 cm³/mol. The quantitative estimate of drug-likeness (QED) is 0.200. The van der Waals surface area contributed by atoms with E-state index in [0.717, 1.165) is 21.7 Å². The van der Waals surface area contributed by atoms with Gasteiger partial charge in [0.1, 0.15) is 12.4 Å². The first-order valence-electron chi connectivity index (χ1n) is 17.0. The highest BCUT2D eigenvalue weighted by Gasteiger charge is 2.70. The Labute approximate surface area is 289 Å². The number of carbonyl (C=O) groups is 5. The normalized spacial score (nSPS) is 27.1. The van der Waals surface area contributed by atoms with Crippen molar-refractivity contribution in [1.29, 1.82) is 0 Å². The number of rotatable bonds is 11. The zero-order valence-corrected chi connectivity index (χ0v) is 27.7. The van der Waals surface area contributed by atoms with E-state index in [1.807, 2.05) is 79.7 Å². The lowest BCUT2D eigenvalue weighted by atomic mass is 9.49. The zero-order chi connectivity index (χ0) is 35.2. The Kier molecular flexibility index (Phi) is 8.77. The maximum Gasteiger partial charge on any atom is 0.303 e. The number of allylic oxidation sites excluding steroid dienone is 2. The SMILES string of the molecule is Cc1ccc(NN2C(=O)[C@@H]3C[C@@H]4C(=CC[C@@H]5C(=O)N(CCCC(=O)O)C(=O)[C@@H]54)[C@H](c4ccc(OCCO)cc4)[C@]3(c3ccccc3)C2=O)cc1. The van der Waals surface area contributed by atoms with Gasteiger partial charge in [-0.2, -0.15) is 5.01 Å². The molecule has 0 bridgehead atoms. The zero-order valence-electron chi connectivity index (χ0n) is 27.7. The highest BCUT2D eigenvalue weighted by Crippen LogP contribution is 2.64. The fraction of sp³-hybridized carbons (Fsp3) is 0.359. The summed E-state index contributed by atoms with van der Waals surface area (Å²) in [4.78, 5) is 70.0. The van der Waals surface area contributed by atoms with E-state index in [4.69, 9.17) is 4.74 Å². The lowest BCUT2D eigenvalue weighted by Crippen LogP contribution is -2.53. The van der Waals surface area contributed by atoms with Gasteiger partial charge in [0.15, 0.2) is 0 Å². The number of nitrogens with zero attached hydrogens (tertiary/aromatic N) is 2. The summed E-state index contributed by atoms with van der Waals surface area (Å²) in [5.41, 5.74) is 5.57. The van der Waals surface area contributed by atoms with Crippen molar-refractivity contribution in [2.45, 2.75) is 43.9 Å². The van der Waals surface area contributed by atoms with E-state index in [0.29, 0.717) is 17.0 Å². The molecule has 2 saturated heterocycles. The minimum Gasteiger partial charge on any atom is -0.491 e.